The van der Waals surface area contributed by atoms with E-state index in [-0.39, 0.29) is 40.9 Å². The van der Waals surface area contributed by atoms with Gasteiger partial charge in [0.15, 0.2) is 0 Å². The molecular weight excluding hydrogens is 306 g/mol. The Morgan fingerprint density at radius 3 is 2.82 bits per heavy atom. The zero-order valence-corrected chi connectivity index (χ0v) is 13.1. The van der Waals surface area contributed by atoms with Crippen molar-refractivity contribution in [3.63, 3.8) is 0 Å². The Morgan fingerprint density at radius 2 is 2.14 bits per heavy atom. The number of nitrogens with two attached hydrogens (primary N) is 1. The number of carbonyl (C=O) groups excluding carboxylic acids is 1. The van der Waals surface area contributed by atoms with Crippen molar-refractivity contribution in [3.8, 4) is 0 Å². The van der Waals surface area contributed by atoms with E-state index in [0.29, 0.717) is 24.2 Å². The first-order chi connectivity index (χ1) is 10.1. The van der Waals surface area contributed by atoms with Crippen molar-refractivity contribution in [3.05, 3.63) is 33.9 Å². The van der Waals surface area contributed by atoms with Gasteiger partial charge in [0, 0.05) is 24.6 Å². The molecule has 0 radical (unpaired) electrons. The monoisotopic (exact) mass is 325 g/mol. The fraction of sp³-hybridized carbons (Fsp3) is 0.533. The van der Waals surface area contributed by atoms with Crippen molar-refractivity contribution in [1.82, 2.24) is 0 Å². The molecule has 1 fully saturated rings. The lowest BCUT2D eigenvalue weighted by Gasteiger charge is -2.29. The summed E-state index contributed by atoms with van der Waals surface area (Å²) in [5.41, 5.74) is 7.45. The van der Waals surface area contributed by atoms with E-state index in [1.54, 1.807) is 17.0 Å². The van der Waals surface area contributed by atoms with Crippen LogP contribution >= 0.6 is 12.4 Å². The lowest BCUT2D eigenvalue weighted by atomic mass is 9.85. The number of fused-ring (bicyclic) bond motifs is 1. The minimum Gasteiger partial charge on any atom is -0.328 e. The fourth-order valence-electron chi connectivity index (χ4n) is 3.49. The lowest BCUT2D eigenvalue weighted by Crippen LogP contribution is -2.40. The largest absolute Gasteiger partial charge is 0.328 e. The van der Waals surface area contributed by atoms with E-state index in [1.807, 2.05) is 0 Å². The highest BCUT2D eigenvalue weighted by molar-refractivity contribution is 5.97. The highest BCUT2D eigenvalue weighted by Crippen LogP contribution is 2.37. The molecule has 2 aliphatic rings. The summed E-state index contributed by atoms with van der Waals surface area (Å²) < 4.78 is 0. The first-order valence-electron chi connectivity index (χ1n) is 7.41. The van der Waals surface area contributed by atoms with Gasteiger partial charge in [0.2, 0.25) is 5.91 Å². The maximum Gasteiger partial charge on any atom is 0.274 e. The Labute approximate surface area is 135 Å². The quantitative estimate of drug-likeness (QED) is 0.668. The highest BCUT2D eigenvalue weighted by Gasteiger charge is 2.35. The van der Waals surface area contributed by atoms with Crippen LogP contribution in [-0.2, 0) is 11.2 Å². The van der Waals surface area contributed by atoms with E-state index < -0.39 is 0 Å². The Balaban J connectivity index is 0.00000176. The molecule has 0 spiro atoms. The van der Waals surface area contributed by atoms with Crippen molar-refractivity contribution < 1.29 is 9.72 Å². The predicted molar refractivity (Wildman–Crippen MR) is 86.3 cm³/mol. The van der Waals surface area contributed by atoms with Gasteiger partial charge in [-0.1, -0.05) is 12.5 Å². The molecule has 0 bridgehead atoms. The smallest absolute Gasteiger partial charge is 0.274 e. The second-order valence-electron chi connectivity index (χ2n) is 5.90. The van der Waals surface area contributed by atoms with Crippen LogP contribution in [0.5, 0.6) is 0 Å². The summed E-state index contributed by atoms with van der Waals surface area (Å²) in [4.78, 5) is 25.1. The number of nitrogens with zero attached hydrogens (tertiary/aromatic N) is 2. The lowest BCUT2D eigenvalue weighted by molar-refractivity contribution is -0.385. The Kier molecular flexibility index (Phi) is 5.03. The first kappa shape index (κ1) is 16.7. The van der Waals surface area contributed by atoms with Crippen LogP contribution < -0.4 is 10.6 Å². The molecule has 1 amide bonds. The van der Waals surface area contributed by atoms with Gasteiger partial charge in [-0.15, -0.1) is 12.4 Å². The summed E-state index contributed by atoms with van der Waals surface area (Å²) in [5, 5.41) is 11.1. The molecule has 1 aromatic carbocycles. The second kappa shape index (κ2) is 6.62. The number of anilines is 1. The topological polar surface area (TPSA) is 89.5 Å². The number of nitro groups is 1. The van der Waals surface area contributed by atoms with E-state index in [9.17, 15) is 14.9 Å². The van der Waals surface area contributed by atoms with E-state index in [2.05, 4.69) is 0 Å². The Hall–Kier alpha value is -1.66. The number of benzene rings is 1. The molecule has 120 valence electrons. The molecular formula is C15H20ClN3O3. The van der Waals surface area contributed by atoms with Gasteiger partial charge in [0.05, 0.1) is 16.2 Å². The molecule has 3 rings (SSSR count). The van der Waals surface area contributed by atoms with Gasteiger partial charge in [-0.3, -0.25) is 14.9 Å². The molecule has 2 atom stereocenters. The highest BCUT2D eigenvalue weighted by atomic mass is 35.5. The molecule has 2 unspecified atom stereocenters. The van der Waals surface area contributed by atoms with Gasteiger partial charge in [0.25, 0.3) is 5.69 Å². The summed E-state index contributed by atoms with van der Waals surface area (Å²) in [7, 11) is 0. The van der Waals surface area contributed by atoms with Crippen LogP contribution in [-0.4, -0.2) is 23.4 Å². The first-order valence-corrected chi connectivity index (χ1v) is 7.41. The van der Waals surface area contributed by atoms with Crippen molar-refractivity contribution in [2.24, 2.45) is 11.7 Å². The maximum absolute atomic E-state index is 12.7. The molecule has 1 aliphatic heterocycles. The van der Waals surface area contributed by atoms with Gasteiger partial charge in [0.1, 0.15) is 0 Å². The van der Waals surface area contributed by atoms with Crippen molar-refractivity contribution in [1.29, 1.82) is 0 Å². The van der Waals surface area contributed by atoms with Gasteiger partial charge >= 0.3 is 0 Å². The van der Waals surface area contributed by atoms with E-state index in [0.717, 1.165) is 25.7 Å². The number of rotatable bonds is 2. The van der Waals surface area contributed by atoms with Crippen LogP contribution in [0.3, 0.4) is 0 Å². The van der Waals surface area contributed by atoms with Crippen LogP contribution in [0.25, 0.3) is 0 Å². The summed E-state index contributed by atoms with van der Waals surface area (Å²) in [6.45, 7) is 0.532. The van der Waals surface area contributed by atoms with Crippen LogP contribution in [0.2, 0.25) is 0 Å². The predicted octanol–water partition coefficient (Wildman–Crippen LogP) is 2.42. The number of amides is 1. The molecule has 1 aliphatic carbocycles. The second-order valence-corrected chi connectivity index (χ2v) is 5.90. The minimum absolute atomic E-state index is 0. The summed E-state index contributed by atoms with van der Waals surface area (Å²) >= 11 is 0. The van der Waals surface area contributed by atoms with Gasteiger partial charge in [-0.05, 0) is 31.7 Å². The molecule has 6 nitrogen and oxygen atoms in total. The molecule has 1 saturated carbocycles. The molecule has 0 aromatic heterocycles. The number of hydrogen-bond acceptors (Lipinski definition) is 4. The zero-order valence-electron chi connectivity index (χ0n) is 12.2. The third-order valence-electron chi connectivity index (χ3n) is 4.53. The molecule has 1 aromatic rings. The number of carbonyl (C=O) groups is 1. The van der Waals surface area contributed by atoms with Crippen LogP contribution in [0.4, 0.5) is 11.4 Å². The molecule has 0 saturated heterocycles. The van der Waals surface area contributed by atoms with Crippen LogP contribution in [0.15, 0.2) is 18.2 Å². The SMILES string of the molecule is Cl.NC1CCCC(C(=O)N2CCc3c2cccc3[N+](=O)[O-])C1. The Bertz CT molecular complexity index is 593. The summed E-state index contributed by atoms with van der Waals surface area (Å²) in [6.07, 6.45) is 4.10. The minimum atomic E-state index is -0.372. The summed E-state index contributed by atoms with van der Waals surface area (Å²) in [6, 6.07) is 5.05. The average molecular weight is 326 g/mol. The maximum atomic E-state index is 12.7. The van der Waals surface area contributed by atoms with E-state index in [1.165, 1.54) is 6.07 Å². The standard InChI is InChI=1S/C15H19N3O3.ClH/c16-11-4-1-3-10(9-11)15(19)17-8-7-12-13(17)5-2-6-14(12)18(20)21;/h2,5-6,10-11H,1,3-4,7-9,16H2;1H. The third kappa shape index (κ3) is 2.94. The van der Waals surface area contributed by atoms with Gasteiger partial charge < -0.3 is 10.6 Å². The van der Waals surface area contributed by atoms with Gasteiger partial charge in [-0.2, -0.15) is 0 Å². The number of hydrogen-bond donors (Lipinski definition) is 1. The molecule has 2 N–H and O–H groups in total. The molecule has 7 heteroatoms. The summed E-state index contributed by atoms with van der Waals surface area (Å²) in [5.74, 6) is 0.0309. The van der Waals surface area contributed by atoms with Crippen molar-refractivity contribution in [2.75, 3.05) is 11.4 Å². The number of nitro benzene ring substituents is 1. The molecule has 22 heavy (non-hydrogen) atoms. The molecule has 1 heterocycles. The average Bonchev–Trinajstić information content (AvgIpc) is 2.90. The van der Waals surface area contributed by atoms with Crippen LogP contribution in [0, 0.1) is 16.0 Å². The normalized spacial score (nSPS) is 23.6. The van der Waals surface area contributed by atoms with E-state index in [4.69, 9.17) is 5.73 Å². The van der Waals surface area contributed by atoms with Crippen molar-refractivity contribution >= 4 is 29.7 Å². The number of halogens is 1. The zero-order chi connectivity index (χ0) is 15.0. The van der Waals surface area contributed by atoms with Crippen molar-refractivity contribution in [2.45, 2.75) is 38.1 Å². The third-order valence-corrected chi connectivity index (χ3v) is 4.53. The fourth-order valence-corrected chi connectivity index (χ4v) is 3.49. The van der Waals surface area contributed by atoms with E-state index >= 15 is 0 Å². The Morgan fingerprint density at radius 1 is 1.36 bits per heavy atom. The van der Waals surface area contributed by atoms with Gasteiger partial charge in [-0.25, -0.2) is 0 Å². The van der Waals surface area contributed by atoms with Crippen LogP contribution in [0.1, 0.15) is 31.2 Å².